The van der Waals surface area contributed by atoms with E-state index in [1.807, 2.05) is 30.3 Å². The lowest BCUT2D eigenvalue weighted by atomic mass is 9.96. The Morgan fingerprint density at radius 3 is 2.70 bits per heavy atom. The van der Waals surface area contributed by atoms with E-state index in [1.165, 1.54) is 0 Å². The first-order valence-corrected chi connectivity index (χ1v) is 6.71. The summed E-state index contributed by atoms with van der Waals surface area (Å²) in [6, 6.07) is 9.82. The zero-order valence-corrected chi connectivity index (χ0v) is 12.4. The van der Waals surface area contributed by atoms with Crippen molar-refractivity contribution >= 4 is 24.3 Å². The Hall–Kier alpha value is -1.55. The summed E-state index contributed by atoms with van der Waals surface area (Å²) in [5, 5.41) is 0. The first-order valence-electron chi connectivity index (χ1n) is 6.71. The molecule has 0 bridgehead atoms. The molecule has 0 radical (unpaired) electrons. The molecule has 1 aliphatic rings. The molecule has 1 aromatic carbocycles. The molecule has 1 unspecified atom stereocenters. The molecule has 1 atom stereocenters. The van der Waals surface area contributed by atoms with Crippen molar-refractivity contribution in [1.29, 1.82) is 0 Å². The van der Waals surface area contributed by atoms with Crippen LogP contribution in [0, 0.1) is 5.92 Å². The molecule has 2 rings (SSSR count). The summed E-state index contributed by atoms with van der Waals surface area (Å²) in [7, 11) is 0. The van der Waals surface area contributed by atoms with Crippen LogP contribution >= 0.6 is 12.4 Å². The van der Waals surface area contributed by atoms with Gasteiger partial charge in [0.05, 0.1) is 6.61 Å². The van der Waals surface area contributed by atoms with Crippen molar-refractivity contribution in [2.45, 2.75) is 26.3 Å². The van der Waals surface area contributed by atoms with E-state index >= 15 is 0 Å². The van der Waals surface area contributed by atoms with E-state index in [0.717, 1.165) is 12.0 Å². The third kappa shape index (κ3) is 3.97. The average Bonchev–Trinajstić information content (AvgIpc) is 2.42. The lowest BCUT2D eigenvalue weighted by molar-refractivity contribution is -0.158. The predicted molar refractivity (Wildman–Crippen MR) is 78.5 cm³/mol. The van der Waals surface area contributed by atoms with Gasteiger partial charge in [0.1, 0.15) is 5.92 Å². The highest BCUT2D eigenvalue weighted by atomic mass is 35.5. The molecule has 1 heterocycles. The maximum absolute atomic E-state index is 12.3. The number of rotatable bonds is 4. The molecule has 20 heavy (non-hydrogen) atoms. The van der Waals surface area contributed by atoms with Gasteiger partial charge in [0.15, 0.2) is 0 Å². The van der Waals surface area contributed by atoms with E-state index in [4.69, 9.17) is 4.74 Å². The molecule has 1 fully saturated rings. The van der Waals surface area contributed by atoms with Crippen molar-refractivity contribution in [3.05, 3.63) is 35.9 Å². The van der Waals surface area contributed by atoms with E-state index in [9.17, 15) is 9.59 Å². The van der Waals surface area contributed by atoms with Crippen LogP contribution in [-0.2, 0) is 20.9 Å². The van der Waals surface area contributed by atoms with Gasteiger partial charge in [-0.15, -0.1) is 12.4 Å². The predicted octanol–water partition coefficient (Wildman–Crippen LogP) is 2.41. The minimum Gasteiger partial charge on any atom is -0.465 e. The van der Waals surface area contributed by atoms with Crippen LogP contribution in [0.15, 0.2) is 30.3 Å². The molecule has 1 saturated heterocycles. The van der Waals surface area contributed by atoms with Crippen molar-refractivity contribution < 1.29 is 14.3 Å². The van der Waals surface area contributed by atoms with Gasteiger partial charge in [-0.1, -0.05) is 30.3 Å². The number of hydrogen-bond acceptors (Lipinski definition) is 3. The number of piperidine rings is 1. The Kier molecular flexibility index (Phi) is 6.52. The van der Waals surface area contributed by atoms with Gasteiger partial charge in [0.25, 0.3) is 0 Å². The number of amides is 1. The fourth-order valence-electron chi connectivity index (χ4n) is 2.36. The maximum atomic E-state index is 12.3. The van der Waals surface area contributed by atoms with Gasteiger partial charge in [-0.3, -0.25) is 9.59 Å². The van der Waals surface area contributed by atoms with Gasteiger partial charge in [-0.05, 0) is 25.3 Å². The zero-order valence-electron chi connectivity index (χ0n) is 11.6. The summed E-state index contributed by atoms with van der Waals surface area (Å²) in [5.41, 5.74) is 1.08. The Balaban J connectivity index is 0.00000200. The van der Waals surface area contributed by atoms with Gasteiger partial charge >= 0.3 is 5.97 Å². The topological polar surface area (TPSA) is 46.6 Å². The van der Waals surface area contributed by atoms with Crippen LogP contribution in [0.2, 0.25) is 0 Å². The monoisotopic (exact) mass is 297 g/mol. The standard InChI is InChI=1S/C15H19NO3.ClH/c1-2-19-15(18)13-9-6-10-16(14(13)17)11-12-7-4-3-5-8-12;/h3-5,7-8,13H,2,6,9-11H2,1H3;1H. The third-order valence-electron chi connectivity index (χ3n) is 3.32. The Bertz CT molecular complexity index is 450. The van der Waals surface area contributed by atoms with E-state index < -0.39 is 5.92 Å². The minimum absolute atomic E-state index is 0. The van der Waals surface area contributed by atoms with Crippen molar-refractivity contribution in [2.24, 2.45) is 5.92 Å². The van der Waals surface area contributed by atoms with Crippen molar-refractivity contribution in [3.8, 4) is 0 Å². The SMILES string of the molecule is CCOC(=O)C1CCCN(Cc2ccccc2)C1=O.Cl. The van der Waals surface area contributed by atoms with Crippen molar-refractivity contribution in [2.75, 3.05) is 13.2 Å². The fraction of sp³-hybridized carbons (Fsp3) is 0.467. The quantitative estimate of drug-likeness (QED) is 0.633. The zero-order chi connectivity index (χ0) is 13.7. The number of hydrogen-bond donors (Lipinski definition) is 0. The third-order valence-corrected chi connectivity index (χ3v) is 3.32. The smallest absolute Gasteiger partial charge is 0.318 e. The summed E-state index contributed by atoms with van der Waals surface area (Å²) in [4.78, 5) is 25.8. The van der Waals surface area contributed by atoms with E-state index in [-0.39, 0.29) is 24.3 Å². The summed E-state index contributed by atoms with van der Waals surface area (Å²) >= 11 is 0. The van der Waals surface area contributed by atoms with Gasteiger partial charge in [-0.2, -0.15) is 0 Å². The van der Waals surface area contributed by atoms with Gasteiger partial charge in [0.2, 0.25) is 5.91 Å². The van der Waals surface area contributed by atoms with Crippen molar-refractivity contribution in [1.82, 2.24) is 4.90 Å². The number of ether oxygens (including phenoxy) is 1. The molecular weight excluding hydrogens is 278 g/mol. The number of esters is 1. The molecule has 0 N–H and O–H groups in total. The van der Waals surface area contributed by atoms with E-state index in [2.05, 4.69) is 0 Å². The second kappa shape index (κ2) is 7.90. The van der Waals surface area contributed by atoms with Gasteiger partial charge < -0.3 is 9.64 Å². The van der Waals surface area contributed by atoms with Crippen LogP contribution in [0.3, 0.4) is 0 Å². The lowest BCUT2D eigenvalue weighted by Gasteiger charge is -2.31. The first-order chi connectivity index (χ1) is 9.22. The number of carbonyl (C=O) groups excluding carboxylic acids is 2. The first kappa shape index (κ1) is 16.5. The molecule has 1 amide bonds. The number of benzene rings is 1. The molecule has 0 aliphatic carbocycles. The Morgan fingerprint density at radius 2 is 2.05 bits per heavy atom. The van der Waals surface area contributed by atoms with Crippen LogP contribution in [0.1, 0.15) is 25.3 Å². The maximum Gasteiger partial charge on any atom is 0.318 e. The van der Waals surface area contributed by atoms with Crippen molar-refractivity contribution in [3.63, 3.8) is 0 Å². The lowest BCUT2D eigenvalue weighted by Crippen LogP contribution is -2.44. The van der Waals surface area contributed by atoms with E-state index in [0.29, 0.717) is 26.1 Å². The molecule has 0 spiro atoms. The molecule has 5 heteroatoms. The fourth-order valence-corrected chi connectivity index (χ4v) is 2.36. The Labute approximate surface area is 125 Å². The van der Waals surface area contributed by atoms with Gasteiger partial charge in [0, 0.05) is 13.1 Å². The molecular formula is C15H20ClNO3. The van der Waals surface area contributed by atoms with Crippen LogP contribution in [0.5, 0.6) is 0 Å². The normalized spacial score (nSPS) is 18.4. The molecule has 0 aromatic heterocycles. The average molecular weight is 298 g/mol. The van der Waals surface area contributed by atoms with Crippen LogP contribution < -0.4 is 0 Å². The summed E-state index contributed by atoms with van der Waals surface area (Å²) < 4.78 is 4.96. The Morgan fingerprint density at radius 1 is 1.35 bits per heavy atom. The molecule has 110 valence electrons. The molecule has 1 aromatic rings. The molecule has 4 nitrogen and oxygen atoms in total. The number of halogens is 1. The summed E-state index contributed by atoms with van der Waals surface area (Å²) in [6.07, 6.45) is 1.45. The van der Waals surface area contributed by atoms with Crippen LogP contribution in [-0.4, -0.2) is 29.9 Å². The molecule has 0 saturated carbocycles. The highest BCUT2D eigenvalue weighted by Crippen LogP contribution is 2.21. The number of nitrogens with zero attached hydrogens (tertiary/aromatic N) is 1. The molecule has 1 aliphatic heterocycles. The second-order valence-electron chi connectivity index (χ2n) is 4.69. The van der Waals surface area contributed by atoms with Crippen LogP contribution in [0.4, 0.5) is 0 Å². The van der Waals surface area contributed by atoms with Crippen LogP contribution in [0.25, 0.3) is 0 Å². The number of carbonyl (C=O) groups is 2. The van der Waals surface area contributed by atoms with E-state index in [1.54, 1.807) is 11.8 Å². The second-order valence-corrected chi connectivity index (χ2v) is 4.69. The van der Waals surface area contributed by atoms with Gasteiger partial charge in [-0.25, -0.2) is 0 Å². The number of likely N-dealkylation sites (tertiary alicyclic amines) is 1. The highest BCUT2D eigenvalue weighted by molar-refractivity contribution is 5.98. The highest BCUT2D eigenvalue weighted by Gasteiger charge is 2.34. The summed E-state index contributed by atoms with van der Waals surface area (Å²) in [5.74, 6) is -1.10. The summed E-state index contributed by atoms with van der Waals surface area (Å²) in [6.45, 7) is 3.35. The largest absolute Gasteiger partial charge is 0.465 e. The minimum atomic E-state index is -0.614.